The second-order valence-corrected chi connectivity index (χ2v) is 6.98. The summed E-state index contributed by atoms with van der Waals surface area (Å²) >= 11 is 12.0. The van der Waals surface area contributed by atoms with Crippen LogP contribution < -0.4 is 0 Å². The zero-order chi connectivity index (χ0) is 14.1. The van der Waals surface area contributed by atoms with Crippen LogP contribution >= 0.6 is 38.9 Å². The molecule has 1 aromatic heterocycles. The smallest absolute Gasteiger partial charge is 0.0746 e. The monoisotopic (exact) mass is 364 g/mol. The second-order valence-electron chi connectivity index (χ2n) is 4.71. The van der Waals surface area contributed by atoms with Crippen molar-refractivity contribution in [2.24, 2.45) is 0 Å². The third-order valence-electron chi connectivity index (χ3n) is 3.57. The first-order valence-corrected chi connectivity index (χ1v) is 8.77. The van der Waals surface area contributed by atoms with E-state index < -0.39 is 0 Å². The molecule has 1 atom stereocenters. The van der Waals surface area contributed by atoms with Crippen LogP contribution in [0.2, 0.25) is 5.02 Å². The number of fused-ring (bicyclic) bond motifs is 1. The standard InChI is InChI=1S/C17H14BrClS/c1-2-11-9-10-20-17(11)16(18)14-7-8-15(19)13-6-4-3-5-12(13)14/h3-10,16H,2H2,1H3. The normalized spacial score (nSPS) is 12.8. The lowest BCUT2D eigenvalue weighted by atomic mass is 10.00. The summed E-state index contributed by atoms with van der Waals surface area (Å²) in [4.78, 5) is 1.61. The number of hydrogen-bond donors (Lipinski definition) is 0. The van der Waals surface area contributed by atoms with Crippen molar-refractivity contribution in [3.05, 3.63) is 68.9 Å². The number of alkyl halides is 1. The minimum atomic E-state index is 0.222. The van der Waals surface area contributed by atoms with E-state index in [1.54, 1.807) is 0 Å². The van der Waals surface area contributed by atoms with Gasteiger partial charge in [0.15, 0.2) is 0 Å². The molecule has 0 spiro atoms. The molecule has 0 aliphatic rings. The Labute approximate surface area is 136 Å². The fourth-order valence-corrected chi connectivity index (χ4v) is 4.74. The van der Waals surface area contributed by atoms with Crippen LogP contribution in [0.25, 0.3) is 10.8 Å². The van der Waals surface area contributed by atoms with Crippen molar-refractivity contribution < 1.29 is 0 Å². The number of rotatable bonds is 3. The van der Waals surface area contributed by atoms with E-state index in [4.69, 9.17) is 11.6 Å². The highest BCUT2D eigenvalue weighted by molar-refractivity contribution is 9.09. The van der Waals surface area contributed by atoms with Gasteiger partial charge in [0.2, 0.25) is 0 Å². The van der Waals surface area contributed by atoms with Gasteiger partial charge in [0.25, 0.3) is 0 Å². The highest BCUT2D eigenvalue weighted by Gasteiger charge is 2.18. The number of aryl methyl sites for hydroxylation is 1. The van der Waals surface area contributed by atoms with Crippen molar-refractivity contribution >= 4 is 49.6 Å². The molecule has 1 unspecified atom stereocenters. The number of benzene rings is 2. The minimum absolute atomic E-state index is 0.222. The summed E-state index contributed by atoms with van der Waals surface area (Å²) in [7, 11) is 0. The third-order valence-corrected chi connectivity index (χ3v) is 6.18. The molecule has 3 aromatic rings. The zero-order valence-corrected chi connectivity index (χ0v) is 14.2. The molecule has 0 nitrogen and oxygen atoms in total. The van der Waals surface area contributed by atoms with Crippen LogP contribution in [-0.2, 0) is 6.42 Å². The largest absolute Gasteiger partial charge is 0.147 e. The molecule has 2 aromatic carbocycles. The quantitative estimate of drug-likeness (QED) is 0.459. The maximum Gasteiger partial charge on any atom is 0.0746 e. The van der Waals surface area contributed by atoms with Crippen LogP contribution in [0.4, 0.5) is 0 Å². The Bertz CT molecular complexity index is 748. The molecule has 0 N–H and O–H groups in total. The van der Waals surface area contributed by atoms with Crippen LogP contribution in [0.1, 0.15) is 27.8 Å². The maximum atomic E-state index is 6.30. The van der Waals surface area contributed by atoms with Gasteiger partial charge < -0.3 is 0 Å². The molecule has 3 rings (SSSR count). The zero-order valence-electron chi connectivity index (χ0n) is 11.1. The first kappa shape index (κ1) is 14.1. The fraction of sp³-hybridized carbons (Fsp3) is 0.176. The van der Waals surface area contributed by atoms with Gasteiger partial charge in [0, 0.05) is 15.3 Å². The van der Waals surface area contributed by atoms with E-state index in [1.807, 2.05) is 23.5 Å². The molecular formula is C17H14BrClS. The van der Waals surface area contributed by atoms with Gasteiger partial charge in [-0.25, -0.2) is 0 Å². The SMILES string of the molecule is CCc1ccsc1C(Br)c1ccc(Cl)c2ccccc12. The molecule has 1 heterocycles. The maximum absolute atomic E-state index is 6.30. The van der Waals surface area contributed by atoms with Crippen LogP contribution in [0.5, 0.6) is 0 Å². The Hall–Kier alpha value is -0.830. The molecule has 20 heavy (non-hydrogen) atoms. The molecule has 0 saturated carbocycles. The summed E-state index contributed by atoms with van der Waals surface area (Å²) in [5.41, 5.74) is 2.69. The Balaban J connectivity index is 2.17. The third kappa shape index (κ3) is 2.41. The van der Waals surface area contributed by atoms with Gasteiger partial charge in [0.05, 0.1) is 4.83 Å². The van der Waals surface area contributed by atoms with Crippen molar-refractivity contribution in [2.45, 2.75) is 18.2 Å². The van der Waals surface area contributed by atoms with E-state index in [-0.39, 0.29) is 4.83 Å². The van der Waals surface area contributed by atoms with Crippen molar-refractivity contribution in [3.63, 3.8) is 0 Å². The summed E-state index contributed by atoms with van der Waals surface area (Å²) in [6.07, 6.45) is 1.06. The van der Waals surface area contributed by atoms with Gasteiger partial charge in [-0.15, -0.1) is 11.3 Å². The van der Waals surface area contributed by atoms with Crippen LogP contribution in [-0.4, -0.2) is 0 Å². The fourth-order valence-electron chi connectivity index (χ4n) is 2.51. The van der Waals surface area contributed by atoms with E-state index in [0.717, 1.165) is 16.8 Å². The molecule has 0 radical (unpaired) electrons. The van der Waals surface area contributed by atoms with Gasteiger partial charge in [-0.2, -0.15) is 0 Å². The molecular weight excluding hydrogens is 352 g/mol. The van der Waals surface area contributed by atoms with E-state index in [2.05, 4.69) is 58.6 Å². The number of halogens is 2. The lowest BCUT2D eigenvalue weighted by Gasteiger charge is -2.14. The van der Waals surface area contributed by atoms with E-state index >= 15 is 0 Å². The minimum Gasteiger partial charge on any atom is -0.147 e. The van der Waals surface area contributed by atoms with E-state index in [9.17, 15) is 0 Å². The van der Waals surface area contributed by atoms with E-state index in [1.165, 1.54) is 21.4 Å². The Morgan fingerprint density at radius 1 is 1.10 bits per heavy atom. The van der Waals surface area contributed by atoms with Crippen molar-refractivity contribution in [3.8, 4) is 0 Å². The van der Waals surface area contributed by atoms with Crippen molar-refractivity contribution in [1.82, 2.24) is 0 Å². The Morgan fingerprint density at radius 3 is 2.60 bits per heavy atom. The molecule has 102 valence electrons. The summed E-state index contributed by atoms with van der Waals surface area (Å²) in [6, 6.07) is 14.7. The second kappa shape index (κ2) is 5.88. The van der Waals surface area contributed by atoms with Gasteiger partial charge in [-0.3, -0.25) is 0 Å². The summed E-state index contributed by atoms with van der Waals surface area (Å²) < 4.78 is 0. The van der Waals surface area contributed by atoms with Gasteiger partial charge in [0.1, 0.15) is 0 Å². The molecule has 0 aliphatic carbocycles. The summed E-state index contributed by atoms with van der Waals surface area (Å²) in [6.45, 7) is 2.20. The molecule has 0 saturated heterocycles. The Kier molecular flexibility index (Phi) is 4.16. The van der Waals surface area contributed by atoms with Crippen molar-refractivity contribution in [2.75, 3.05) is 0 Å². The summed E-state index contributed by atoms with van der Waals surface area (Å²) in [5.74, 6) is 0. The lowest BCUT2D eigenvalue weighted by molar-refractivity contribution is 1.10. The lowest BCUT2D eigenvalue weighted by Crippen LogP contribution is -1.95. The number of hydrogen-bond acceptors (Lipinski definition) is 1. The van der Waals surface area contributed by atoms with Gasteiger partial charge >= 0.3 is 0 Å². The highest BCUT2D eigenvalue weighted by atomic mass is 79.9. The van der Waals surface area contributed by atoms with Crippen molar-refractivity contribution in [1.29, 1.82) is 0 Å². The molecule has 0 bridgehead atoms. The number of thiophene rings is 1. The predicted octanol–water partition coefficient (Wildman–Crippen LogP) is 6.60. The Morgan fingerprint density at radius 2 is 1.85 bits per heavy atom. The molecule has 0 amide bonds. The molecule has 3 heteroatoms. The molecule has 0 aliphatic heterocycles. The van der Waals surface area contributed by atoms with Crippen LogP contribution in [0, 0.1) is 0 Å². The first-order chi connectivity index (χ1) is 9.72. The topological polar surface area (TPSA) is 0 Å². The van der Waals surface area contributed by atoms with Gasteiger partial charge in [-0.1, -0.05) is 64.8 Å². The average molecular weight is 366 g/mol. The predicted molar refractivity (Wildman–Crippen MR) is 93.4 cm³/mol. The van der Waals surface area contributed by atoms with Crippen LogP contribution in [0.15, 0.2) is 47.8 Å². The van der Waals surface area contributed by atoms with E-state index in [0.29, 0.717) is 0 Å². The average Bonchev–Trinajstić information content (AvgIpc) is 2.96. The highest BCUT2D eigenvalue weighted by Crippen LogP contribution is 2.41. The van der Waals surface area contributed by atoms with Crippen LogP contribution in [0.3, 0.4) is 0 Å². The first-order valence-electron chi connectivity index (χ1n) is 6.60. The molecule has 0 fully saturated rings. The van der Waals surface area contributed by atoms with Gasteiger partial charge in [-0.05, 0) is 40.4 Å². The summed E-state index contributed by atoms with van der Waals surface area (Å²) in [5, 5.41) is 5.31.